The molecule has 0 saturated carbocycles. The number of likely N-dealkylation sites (tertiary alicyclic amines) is 1. The summed E-state index contributed by atoms with van der Waals surface area (Å²) >= 11 is 12.4. The normalized spacial score (nSPS) is 14.8. The molecule has 8 heteroatoms. The van der Waals surface area contributed by atoms with Crippen LogP contribution < -0.4 is 10.5 Å². The molecule has 0 bridgehead atoms. The largest absolute Gasteiger partial charge is 0.493 e. The zero-order valence-electron chi connectivity index (χ0n) is 24.9. The number of nitrogens with zero attached hydrogens (tertiary/aromatic N) is 1. The van der Waals surface area contributed by atoms with Crippen molar-refractivity contribution in [2.45, 2.75) is 70.9 Å². The van der Waals surface area contributed by atoms with Gasteiger partial charge in [0.15, 0.2) is 5.78 Å². The van der Waals surface area contributed by atoms with Gasteiger partial charge in [-0.15, -0.1) is 0 Å². The number of primary amides is 1. The SMILES string of the molecule is CCCCCCC[C@@H](OC(N)=O)c1cccc(CN2CCC(COc3ccc(C(=O)c4ccc(Cl)cc4)c(Cl)c3)CC2)c1. The minimum Gasteiger partial charge on any atom is -0.493 e. The van der Waals surface area contributed by atoms with Crippen LogP contribution >= 0.6 is 23.2 Å². The van der Waals surface area contributed by atoms with Crippen molar-refractivity contribution in [3.8, 4) is 5.75 Å². The lowest BCUT2D eigenvalue weighted by Gasteiger charge is -2.32. The van der Waals surface area contributed by atoms with Crippen LogP contribution in [0.15, 0.2) is 66.7 Å². The highest BCUT2D eigenvalue weighted by Crippen LogP contribution is 2.28. The second-order valence-corrected chi connectivity index (χ2v) is 12.2. The monoisotopic (exact) mass is 624 g/mol. The molecule has 1 heterocycles. The highest BCUT2D eigenvalue weighted by atomic mass is 35.5. The van der Waals surface area contributed by atoms with Crippen LogP contribution in [-0.2, 0) is 11.3 Å². The van der Waals surface area contributed by atoms with Gasteiger partial charge in [0, 0.05) is 22.7 Å². The summed E-state index contributed by atoms with van der Waals surface area (Å²) < 4.78 is 11.6. The zero-order valence-corrected chi connectivity index (χ0v) is 26.4. The molecule has 3 aromatic carbocycles. The lowest BCUT2D eigenvalue weighted by atomic mass is 9.96. The molecule has 1 saturated heterocycles. The van der Waals surface area contributed by atoms with Crippen molar-refractivity contribution in [1.29, 1.82) is 0 Å². The Kier molecular flexibility index (Phi) is 12.8. The molecule has 4 rings (SSSR count). The minimum absolute atomic E-state index is 0.149. The summed E-state index contributed by atoms with van der Waals surface area (Å²) in [6, 6.07) is 20.4. The Bertz CT molecular complexity index is 1340. The molecule has 1 atom stereocenters. The van der Waals surface area contributed by atoms with Crippen LogP contribution in [0, 0.1) is 5.92 Å². The molecule has 1 amide bonds. The van der Waals surface area contributed by atoms with E-state index < -0.39 is 6.09 Å². The molecule has 2 N–H and O–H groups in total. The number of unbranched alkanes of at least 4 members (excludes halogenated alkanes) is 4. The molecule has 1 aliphatic rings. The lowest BCUT2D eigenvalue weighted by Crippen LogP contribution is -2.35. The zero-order chi connectivity index (χ0) is 30.6. The van der Waals surface area contributed by atoms with E-state index in [-0.39, 0.29) is 11.9 Å². The van der Waals surface area contributed by atoms with Crippen LogP contribution in [0.4, 0.5) is 4.79 Å². The Morgan fingerprint density at radius 3 is 2.40 bits per heavy atom. The van der Waals surface area contributed by atoms with Gasteiger partial charge in [-0.1, -0.05) is 80.1 Å². The van der Waals surface area contributed by atoms with Crippen LogP contribution in [-0.4, -0.2) is 36.5 Å². The number of rotatable bonds is 15. The number of hydrogen-bond donors (Lipinski definition) is 1. The van der Waals surface area contributed by atoms with E-state index in [1.807, 2.05) is 12.1 Å². The first-order valence-electron chi connectivity index (χ1n) is 15.3. The number of benzene rings is 3. The topological polar surface area (TPSA) is 81.9 Å². The molecule has 230 valence electrons. The van der Waals surface area contributed by atoms with Crippen molar-refractivity contribution in [3.63, 3.8) is 0 Å². The summed E-state index contributed by atoms with van der Waals surface area (Å²) in [5, 5.41) is 0.949. The van der Waals surface area contributed by atoms with E-state index in [0.29, 0.717) is 39.4 Å². The summed E-state index contributed by atoms with van der Waals surface area (Å²) in [7, 11) is 0. The number of amides is 1. The van der Waals surface area contributed by atoms with Gasteiger partial charge in [-0.25, -0.2) is 4.79 Å². The van der Waals surface area contributed by atoms with E-state index in [1.54, 1.807) is 42.5 Å². The maximum Gasteiger partial charge on any atom is 0.405 e. The number of nitrogens with two attached hydrogens (primary N) is 1. The van der Waals surface area contributed by atoms with Gasteiger partial charge in [0.25, 0.3) is 0 Å². The molecule has 0 radical (unpaired) electrons. The van der Waals surface area contributed by atoms with Crippen molar-refractivity contribution < 1.29 is 19.1 Å². The van der Waals surface area contributed by atoms with Gasteiger partial charge < -0.3 is 15.2 Å². The van der Waals surface area contributed by atoms with Crippen LogP contribution in [0.3, 0.4) is 0 Å². The van der Waals surface area contributed by atoms with Gasteiger partial charge >= 0.3 is 6.09 Å². The van der Waals surface area contributed by atoms with Gasteiger partial charge in [-0.3, -0.25) is 9.69 Å². The summed E-state index contributed by atoms with van der Waals surface area (Å²) in [6.07, 6.45) is 7.60. The average Bonchev–Trinajstić information content (AvgIpc) is 3.00. The maximum absolute atomic E-state index is 12.8. The summed E-state index contributed by atoms with van der Waals surface area (Å²) in [6.45, 7) is 5.61. The van der Waals surface area contributed by atoms with E-state index in [4.69, 9.17) is 38.4 Å². The van der Waals surface area contributed by atoms with Crippen molar-refractivity contribution in [1.82, 2.24) is 4.90 Å². The van der Waals surface area contributed by atoms with Crippen LogP contribution in [0.1, 0.15) is 91.4 Å². The fourth-order valence-corrected chi connectivity index (χ4v) is 5.95. The third-order valence-electron chi connectivity index (χ3n) is 8.04. The van der Waals surface area contributed by atoms with Crippen LogP contribution in [0.2, 0.25) is 10.0 Å². The van der Waals surface area contributed by atoms with Crippen molar-refractivity contribution in [3.05, 3.63) is 99.0 Å². The predicted molar refractivity (Wildman–Crippen MR) is 173 cm³/mol. The first kappa shape index (κ1) is 32.8. The molecule has 0 unspecified atom stereocenters. The van der Waals surface area contributed by atoms with Gasteiger partial charge in [-0.2, -0.15) is 0 Å². The van der Waals surface area contributed by atoms with E-state index in [0.717, 1.165) is 57.3 Å². The number of carbonyl (C=O) groups is 2. The van der Waals surface area contributed by atoms with Gasteiger partial charge in [0.1, 0.15) is 11.9 Å². The smallest absolute Gasteiger partial charge is 0.405 e. The van der Waals surface area contributed by atoms with E-state index in [1.165, 1.54) is 24.8 Å². The molecular weight excluding hydrogens is 583 g/mol. The van der Waals surface area contributed by atoms with Crippen LogP contribution in [0.5, 0.6) is 5.75 Å². The standard InChI is InChI=1S/C35H42Cl2N2O4/c1-2-3-4-5-6-10-33(43-35(38)41)28-9-7-8-26(21-28)23-39-19-17-25(18-20-39)24-42-30-15-16-31(32(37)22-30)34(40)27-11-13-29(36)14-12-27/h7-9,11-16,21-22,25,33H,2-6,10,17-20,23-24H2,1H3,(H2,38,41)/t33-/m1/s1. The molecule has 0 spiro atoms. The van der Waals surface area contributed by atoms with Gasteiger partial charge in [0.2, 0.25) is 0 Å². The molecule has 0 aromatic heterocycles. The summed E-state index contributed by atoms with van der Waals surface area (Å²) in [4.78, 5) is 26.9. The highest BCUT2D eigenvalue weighted by Gasteiger charge is 2.22. The van der Waals surface area contributed by atoms with Crippen LogP contribution in [0.25, 0.3) is 0 Å². The van der Waals surface area contributed by atoms with Crippen molar-refractivity contribution >= 4 is 35.1 Å². The quantitative estimate of drug-likeness (QED) is 0.135. The number of carbonyl (C=O) groups excluding carboxylic acids is 2. The van der Waals surface area contributed by atoms with E-state index in [9.17, 15) is 9.59 Å². The number of halogens is 2. The molecule has 1 fully saturated rings. The second kappa shape index (κ2) is 16.7. The van der Waals surface area contributed by atoms with E-state index in [2.05, 4.69) is 24.0 Å². The first-order chi connectivity index (χ1) is 20.8. The first-order valence-corrected chi connectivity index (χ1v) is 16.1. The molecule has 3 aromatic rings. The van der Waals surface area contributed by atoms with Crippen molar-refractivity contribution in [2.24, 2.45) is 11.7 Å². The predicted octanol–water partition coefficient (Wildman–Crippen LogP) is 9.01. The second-order valence-electron chi connectivity index (χ2n) is 11.4. The fraction of sp³-hybridized carbons (Fsp3) is 0.429. The number of ketones is 1. The van der Waals surface area contributed by atoms with Gasteiger partial charge in [-0.05, 0) is 98.3 Å². The molecular formula is C35H42Cl2N2O4. The fourth-order valence-electron chi connectivity index (χ4n) is 5.57. The average molecular weight is 626 g/mol. The third kappa shape index (κ3) is 10.3. The Balaban J connectivity index is 1.24. The Labute approximate surface area is 265 Å². The van der Waals surface area contributed by atoms with Crippen molar-refractivity contribution in [2.75, 3.05) is 19.7 Å². The Morgan fingerprint density at radius 2 is 1.70 bits per heavy atom. The third-order valence-corrected chi connectivity index (χ3v) is 8.61. The summed E-state index contributed by atoms with van der Waals surface area (Å²) in [5.41, 5.74) is 8.59. The maximum atomic E-state index is 12.8. The molecule has 1 aliphatic heterocycles. The van der Waals surface area contributed by atoms with Gasteiger partial charge in [0.05, 0.1) is 11.6 Å². The molecule has 6 nitrogen and oxygen atoms in total. The number of ether oxygens (including phenoxy) is 2. The molecule has 0 aliphatic carbocycles. The Morgan fingerprint density at radius 1 is 0.953 bits per heavy atom. The minimum atomic E-state index is -0.724. The Hall–Kier alpha value is -3.06. The van der Waals surface area contributed by atoms with E-state index >= 15 is 0 Å². The lowest BCUT2D eigenvalue weighted by molar-refractivity contribution is 0.0990. The molecule has 43 heavy (non-hydrogen) atoms. The number of hydrogen-bond acceptors (Lipinski definition) is 5. The number of piperidine rings is 1. The summed E-state index contributed by atoms with van der Waals surface area (Å²) in [5.74, 6) is 0.956. The highest BCUT2D eigenvalue weighted by molar-refractivity contribution is 6.35.